The lowest BCUT2D eigenvalue weighted by Crippen LogP contribution is -2.34. The summed E-state index contributed by atoms with van der Waals surface area (Å²) in [6.45, 7) is 1.28. The highest BCUT2D eigenvalue weighted by molar-refractivity contribution is 7.92. The fourth-order valence-electron chi connectivity index (χ4n) is 2.89. The number of thiocarbonyl (C=S) groups is 1. The zero-order valence-electron chi connectivity index (χ0n) is 15.8. The quantitative estimate of drug-likeness (QED) is 0.387. The Morgan fingerprint density at radius 2 is 2.07 bits per heavy atom. The third kappa shape index (κ3) is 5.49. The van der Waals surface area contributed by atoms with E-state index in [0.717, 1.165) is 19.4 Å². The normalized spacial score (nSPS) is 16.2. The van der Waals surface area contributed by atoms with Gasteiger partial charge in [-0.1, -0.05) is 12.1 Å². The Balaban J connectivity index is 1.72. The Morgan fingerprint density at radius 3 is 2.79 bits per heavy atom. The van der Waals surface area contributed by atoms with E-state index >= 15 is 0 Å². The van der Waals surface area contributed by atoms with Gasteiger partial charge < -0.3 is 25.2 Å². The van der Waals surface area contributed by atoms with Gasteiger partial charge >= 0.3 is 0 Å². The Hall–Kier alpha value is -2.56. The van der Waals surface area contributed by atoms with Crippen molar-refractivity contribution in [3.63, 3.8) is 0 Å². The lowest BCUT2D eigenvalue weighted by Gasteiger charge is -2.16. The first kappa shape index (κ1) is 21.2. The molecule has 29 heavy (non-hydrogen) atoms. The van der Waals surface area contributed by atoms with Gasteiger partial charge in [-0.15, -0.1) is 0 Å². The number of ether oxygens (including phenoxy) is 2. The summed E-state index contributed by atoms with van der Waals surface area (Å²) in [4.78, 5) is -0.0365. The van der Waals surface area contributed by atoms with Gasteiger partial charge in [-0.3, -0.25) is 4.72 Å². The molecule has 0 saturated carbocycles. The number of anilines is 2. The molecule has 0 amide bonds. The Labute approximate surface area is 175 Å². The fraction of sp³-hybridized carbons (Fsp3) is 0.316. The van der Waals surface area contributed by atoms with Gasteiger partial charge in [0.05, 0.1) is 29.5 Å². The van der Waals surface area contributed by atoms with Gasteiger partial charge in [0.25, 0.3) is 10.0 Å². The van der Waals surface area contributed by atoms with Gasteiger partial charge in [0, 0.05) is 13.2 Å². The van der Waals surface area contributed by atoms with Crippen LogP contribution in [-0.4, -0.2) is 45.0 Å². The summed E-state index contributed by atoms with van der Waals surface area (Å²) < 4.78 is 38.7. The molecule has 0 aromatic heterocycles. The molecule has 1 fully saturated rings. The van der Waals surface area contributed by atoms with Crippen molar-refractivity contribution in [2.45, 2.75) is 23.8 Å². The van der Waals surface area contributed by atoms with Crippen molar-refractivity contribution in [2.75, 3.05) is 30.3 Å². The molecule has 3 rings (SSSR count). The highest BCUT2D eigenvalue weighted by Crippen LogP contribution is 2.30. The second-order valence-electron chi connectivity index (χ2n) is 6.45. The largest absolute Gasteiger partial charge is 0.506 e. The Bertz CT molecular complexity index is 976. The minimum absolute atomic E-state index is 0.0365. The van der Waals surface area contributed by atoms with E-state index in [4.69, 9.17) is 21.7 Å². The molecule has 0 aliphatic carbocycles. The maximum Gasteiger partial charge on any atom is 0.262 e. The molecule has 1 aliphatic heterocycles. The topological polar surface area (TPSA) is 109 Å². The van der Waals surface area contributed by atoms with Crippen LogP contribution in [0.4, 0.5) is 11.4 Å². The molecule has 0 bridgehead atoms. The average molecular weight is 438 g/mol. The van der Waals surface area contributed by atoms with Crippen LogP contribution in [0.5, 0.6) is 11.5 Å². The van der Waals surface area contributed by atoms with Crippen LogP contribution < -0.4 is 20.1 Å². The second kappa shape index (κ2) is 9.29. The summed E-state index contributed by atoms with van der Waals surface area (Å²) >= 11 is 5.23. The van der Waals surface area contributed by atoms with Crippen molar-refractivity contribution in [3.8, 4) is 11.5 Å². The van der Waals surface area contributed by atoms with Crippen LogP contribution >= 0.6 is 12.2 Å². The zero-order valence-corrected chi connectivity index (χ0v) is 17.5. The number of phenols is 1. The third-order valence-electron chi connectivity index (χ3n) is 4.39. The van der Waals surface area contributed by atoms with Crippen LogP contribution in [0.1, 0.15) is 12.8 Å². The fourth-order valence-corrected chi connectivity index (χ4v) is 4.18. The molecule has 156 valence electrons. The number of methoxy groups -OCH3 is 1. The van der Waals surface area contributed by atoms with Crippen LogP contribution in [0.25, 0.3) is 0 Å². The van der Waals surface area contributed by atoms with E-state index in [1.54, 1.807) is 24.3 Å². The maximum atomic E-state index is 12.8. The van der Waals surface area contributed by atoms with Crippen LogP contribution in [-0.2, 0) is 14.8 Å². The monoisotopic (exact) mass is 437 g/mol. The predicted octanol–water partition coefficient (Wildman–Crippen LogP) is 2.67. The highest BCUT2D eigenvalue weighted by Gasteiger charge is 2.19. The summed E-state index contributed by atoms with van der Waals surface area (Å²) in [6, 6.07) is 10.6. The molecular weight excluding hydrogens is 414 g/mol. The number of benzene rings is 2. The SMILES string of the molecule is COc1ccccc1NS(=O)(=O)c1ccc(O)c(NC(=S)NC[C@@H]2CCCO2)c1. The van der Waals surface area contributed by atoms with E-state index in [9.17, 15) is 13.5 Å². The molecule has 0 radical (unpaired) electrons. The number of hydrogen-bond acceptors (Lipinski definition) is 6. The van der Waals surface area contributed by atoms with E-state index in [1.165, 1.54) is 25.3 Å². The Morgan fingerprint density at radius 1 is 1.28 bits per heavy atom. The number of hydrogen-bond donors (Lipinski definition) is 4. The molecule has 10 heteroatoms. The van der Waals surface area contributed by atoms with Crippen LogP contribution in [0.2, 0.25) is 0 Å². The van der Waals surface area contributed by atoms with E-state index in [1.807, 2.05) is 0 Å². The number of phenolic OH excluding ortho intramolecular Hbond substituents is 1. The van der Waals surface area contributed by atoms with Crippen molar-refractivity contribution in [2.24, 2.45) is 0 Å². The van der Waals surface area contributed by atoms with Crippen LogP contribution in [0, 0.1) is 0 Å². The minimum Gasteiger partial charge on any atom is -0.506 e. The standard InChI is InChI=1S/C19H23N3O5S2/c1-26-18-7-3-2-6-15(18)22-29(24,25)14-8-9-17(23)16(11-14)21-19(28)20-12-13-5-4-10-27-13/h2-3,6-9,11,13,22-23H,4-5,10,12H2,1H3,(H2,20,21,28)/t13-/m0/s1. The van der Waals surface area contributed by atoms with E-state index in [0.29, 0.717) is 18.0 Å². The van der Waals surface area contributed by atoms with Gasteiger partial charge in [-0.2, -0.15) is 0 Å². The molecule has 4 N–H and O–H groups in total. The zero-order chi connectivity index (χ0) is 20.9. The lowest BCUT2D eigenvalue weighted by molar-refractivity contribution is 0.114. The third-order valence-corrected chi connectivity index (χ3v) is 6.00. The molecule has 2 aromatic rings. The van der Waals surface area contributed by atoms with Crippen molar-refractivity contribution < 1.29 is 23.0 Å². The first-order chi connectivity index (χ1) is 13.9. The summed E-state index contributed by atoms with van der Waals surface area (Å²) in [5, 5.41) is 16.2. The Kier molecular flexibility index (Phi) is 6.78. The molecule has 1 atom stereocenters. The van der Waals surface area contributed by atoms with Crippen LogP contribution in [0.15, 0.2) is 47.4 Å². The molecule has 1 aliphatic rings. The van der Waals surface area contributed by atoms with Gasteiger partial charge in [-0.05, 0) is 55.4 Å². The maximum absolute atomic E-state index is 12.8. The van der Waals surface area contributed by atoms with Gasteiger partial charge in [-0.25, -0.2) is 8.42 Å². The van der Waals surface area contributed by atoms with Crippen LogP contribution in [0.3, 0.4) is 0 Å². The molecule has 1 heterocycles. The first-order valence-corrected chi connectivity index (χ1v) is 10.9. The van der Waals surface area contributed by atoms with E-state index in [-0.39, 0.29) is 27.5 Å². The molecule has 0 spiro atoms. The van der Waals surface area contributed by atoms with Crippen molar-refractivity contribution in [3.05, 3.63) is 42.5 Å². The molecule has 0 unspecified atom stereocenters. The van der Waals surface area contributed by atoms with Gasteiger partial charge in [0.15, 0.2) is 5.11 Å². The van der Waals surface area contributed by atoms with E-state index < -0.39 is 10.0 Å². The van der Waals surface area contributed by atoms with E-state index in [2.05, 4.69) is 15.4 Å². The average Bonchev–Trinajstić information content (AvgIpc) is 3.22. The first-order valence-electron chi connectivity index (χ1n) is 9.04. The summed E-state index contributed by atoms with van der Waals surface area (Å²) in [5.41, 5.74) is 0.490. The van der Waals surface area contributed by atoms with Crippen molar-refractivity contribution in [1.82, 2.24) is 5.32 Å². The minimum atomic E-state index is -3.91. The number of aromatic hydroxyl groups is 1. The number of sulfonamides is 1. The van der Waals surface area contributed by atoms with Gasteiger partial charge in [0.2, 0.25) is 0 Å². The number of para-hydroxylation sites is 2. The van der Waals surface area contributed by atoms with Crippen molar-refractivity contribution >= 4 is 38.7 Å². The van der Waals surface area contributed by atoms with Crippen molar-refractivity contribution in [1.29, 1.82) is 0 Å². The smallest absolute Gasteiger partial charge is 0.262 e. The summed E-state index contributed by atoms with van der Waals surface area (Å²) in [6.07, 6.45) is 2.08. The summed E-state index contributed by atoms with van der Waals surface area (Å²) in [5.74, 6) is 0.273. The lowest BCUT2D eigenvalue weighted by atomic mass is 10.2. The predicted molar refractivity (Wildman–Crippen MR) is 115 cm³/mol. The number of rotatable bonds is 7. The molecular formula is C19H23N3O5S2. The summed E-state index contributed by atoms with van der Waals surface area (Å²) in [7, 11) is -2.45. The molecule has 1 saturated heterocycles. The molecule has 8 nitrogen and oxygen atoms in total. The van der Waals surface area contributed by atoms with Gasteiger partial charge in [0.1, 0.15) is 11.5 Å². The highest BCUT2D eigenvalue weighted by atomic mass is 32.2. The number of nitrogens with one attached hydrogen (secondary N) is 3. The second-order valence-corrected chi connectivity index (χ2v) is 8.55. The molecule has 2 aromatic carbocycles.